The molecule has 30 heavy (non-hydrogen) atoms. The molecule has 0 bridgehead atoms. The molecule has 0 N–H and O–H groups in total. The molecular weight excluding hydrogens is 374 g/mol. The van der Waals surface area contributed by atoms with Crippen molar-refractivity contribution in [2.45, 2.75) is 33.6 Å². The van der Waals surface area contributed by atoms with Gasteiger partial charge in [-0.3, -0.25) is 0 Å². The van der Waals surface area contributed by atoms with Gasteiger partial charge in [-0.2, -0.15) is 0 Å². The van der Waals surface area contributed by atoms with E-state index < -0.39 is 0 Å². The normalized spacial score (nSPS) is 11.6. The van der Waals surface area contributed by atoms with Gasteiger partial charge >= 0.3 is 0 Å². The van der Waals surface area contributed by atoms with Crippen LogP contribution in [0.1, 0.15) is 44.7 Å². The first kappa shape index (κ1) is 23.8. The maximum absolute atomic E-state index is 5.94. The van der Waals surface area contributed by atoms with Crippen LogP contribution in [0, 0.1) is 0 Å². The molecule has 0 unspecified atom stereocenters. The molecule has 2 aromatic carbocycles. The Hall–Kier alpha value is -2.46. The summed E-state index contributed by atoms with van der Waals surface area (Å²) >= 11 is 0. The number of ether oxygens (including phenoxy) is 3. The molecule has 0 aromatic heterocycles. The minimum atomic E-state index is 0.774. The molecule has 0 aliphatic carbocycles. The summed E-state index contributed by atoms with van der Waals surface area (Å²) in [6, 6.07) is 14.1. The molecule has 0 saturated heterocycles. The van der Waals surface area contributed by atoms with Crippen molar-refractivity contribution in [3.05, 3.63) is 53.6 Å². The number of quaternary nitrogens is 1. The van der Waals surface area contributed by atoms with Gasteiger partial charge in [-0.05, 0) is 69.0 Å². The van der Waals surface area contributed by atoms with Gasteiger partial charge in [0.05, 0.1) is 47.0 Å². The van der Waals surface area contributed by atoms with Crippen molar-refractivity contribution >= 4 is 12.2 Å². The molecule has 0 amide bonds. The topological polar surface area (TPSA) is 27.7 Å². The highest BCUT2D eigenvalue weighted by Gasteiger charge is 2.19. The molecule has 0 fully saturated rings. The van der Waals surface area contributed by atoms with Gasteiger partial charge in [0.2, 0.25) is 0 Å². The molecule has 2 rings (SSSR count). The Morgan fingerprint density at radius 2 is 1.27 bits per heavy atom. The number of nitrogens with zero attached hydrogens (tertiary/aromatic N) is 1. The largest absolute Gasteiger partial charge is 0.497 e. The molecule has 0 saturated carbocycles. The van der Waals surface area contributed by atoms with Gasteiger partial charge in [-0.25, -0.2) is 0 Å². The van der Waals surface area contributed by atoms with E-state index in [0.717, 1.165) is 41.4 Å². The summed E-state index contributed by atoms with van der Waals surface area (Å²) in [7, 11) is 3.32. The van der Waals surface area contributed by atoms with Crippen molar-refractivity contribution in [3.8, 4) is 17.2 Å². The van der Waals surface area contributed by atoms with Crippen LogP contribution in [-0.2, 0) is 0 Å². The Labute approximate surface area is 182 Å². The van der Waals surface area contributed by atoms with Gasteiger partial charge in [0.15, 0.2) is 0 Å². The third-order valence-electron chi connectivity index (χ3n) is 6.03. The fourth-order valence-corrected chi connectivity index (χ4v) is 3.68. The molecule has 0 heterocycles. The summed E-state index contributed by atoms with van der Waals surface area (Å²) in [5.41, 5.74) is 2.16. The Kier molecular flexibility index (Phi) is 9.75. The first-order valence-electron chi connectivity index (χ1n) is 11.1. The maximum atomic E-state index is 5.94. The smallest absolute Gasteiger partial charge is 0.123 e. The van der Waals surface area contributed by atoms with E-state index in [9.17, 15) is 0 Å². The number of hydrogen-bond donors (Lipinski definition) is 0. The molecule has 0 spiro atoms. The van der Waals surface area contributed by atoms with Crippen molar-refractivity contribution in [1.82, 2.24) is 0 Å². The highest BCUT2D eigenvalue weighted by atomic mass is 16.5. The molecular formula is C26H38NO3+. The Balaban J connectivity index is 1.83. The molecule has 164 valence electrons. The SMILES string of the molecule is CC[N+](CC)(CC)CCCCOc1ccc(/C=C/c2cc(OC)cc(OC)c2)cc1. The van der Waals surface area contributed by atoms with Gasteiger partial charge in [0, 0.05) is 6.07 Å². The molecule has 0 aliphatic heterocycles. The van der Waals surface area contributed by atoms with E-state index in [4.69, 9.17) is 14.2 Å². The monoisotopic (exact) mass is 412 g/mol. The molecule has 0 atom stereocenters. The van der Waals surface area contributed by atoms with Gasteiger partial charge in [0.1, 0.15) is 17.2 Å². The van der Waals surface area contributed by atoms with Gasteiger partial charge < -0.3 is 18.7 Å². The first-order chi connectivity index (χ1) is 14.6. The summed E-state index contributed by atoms with van der Waals surface area (Å²) < 4.78 is 17.8. The van der Waals surface area contributed by atoms with Crippen LogP contribution in [-0.4, -0.2) is 51.5 Å². The first-order valence-corrected chi connectivity index (χ1v) is 11.1. The van der Waals surface area contributed by atoms with Crippen molar-refractivity contribution < 1.29 is 18.7 Å². The number of benzene rings is 2. The molecule has 2 aromatic rings. The fourth-order valence-electron chi connectivity index (χ4n) is 3.68. The van der Waals surface area contributed by atoms with Crippen LogP contribution < -0.4 is 14.2 Å². The predicted octanol–water partition coefficient (Wildman–Crippen LogP) is 5.91. The van der Waals surface area contributed by atoms with Gasteiger partial charge in [-0.15, -0.1) is 0 Å². The third kappa shape index (κ3) is 7.10. The lowest BCUT2D eigenvalue weighted by Crippen LogP contribution is -2.48. The minimum Gasteiger partial charge on any atom is -0.497 e. The van der Waals surface area contributed by atoms with Crippen LogP contribution in [0.5, 0.6) is 17.2 Å². The lowest BCUT2D eigenvalue weighted by atomic mass is 10.1. The highest BCUT2D eigenvalue weighted by molar-refractivity contribution is 5.71. The minimum absolute atomic E-state index is 0.774. The van der Waals surface area contributed by atoms with Crippen LogP contribution in [0.15, 0.2) is 42.5 Å². The lowest BCUT2D eigenvalue weighted by Gasteiger charge is -2.35. The van der Waals surface area contributed by atoms with Crippen molar-refractivity contribution in [2.24, 2.45) is 0 Å². The van der Waals surface area contributed by atoms with E-state index in [-0.39, 0.29) is 0 Å². The second-order valence-corrected chi connectivity index (χ2v) is 7.62. The quantitative estimate of drug-likeness (QED) is 0.232. The number of unbranched alkanes of at least 4 members (excludes halogenated alkanes) is 1. The fraction of sp³-hybridized carbons (Fsp3) is 0.462. The summed E-state index contributed by atoms with van der Waals surface area (Å²) in [5, 5.41) is 0. The van der Waals surface area contributed by atoms with Crippen LogP contribution >= 0.6 is 0 Å². The van der Waals surface area contributed by atoms with E-state index in [1.54, 1.807) is 14.2 Å². The summed E-state index contributed by atoms with van der Waals surface area (Å²) in [6.07, 6.45) is 6.44. The van der Waals surface area contributed by atoms with E-state index in [2.05, 4.69) is 45.1 Å². The summed E-state index contributed by atoms with van der Waals surface area (Å²) in [6.45, 7) is 12.5. The van der Waals surface area contributed by atoms with Crippen LogP contribution in [0.3, 0.4) is 0 Å². The van der Waals surface area contributed by atoms with E-state index in [1.165, 1.54) is 37.1 Å². The summed E-state index contributed by atoms with van der Waals surface area (Å²) in [5.74, 6) is 2.49. The number of rotatable bonds is 13. The van der Waals surface area contributed by atoms with E-state index in [0.29, 0.717) is 0 Å². The van der Waals surface area contributed by atoms with Gasteiger partial charge in [-0.1, -0.05) is 24.3 Å². The van der Waals surface area contributed by atoms with E-state index in [1.807, 2.05) is 30.3 Å². The summed E-state index contributed by atoms with van der Waals surface area (Å²) in [4.78, 5) is 0. The van der Waals surface area contributed by atoms with Crippen LogP contribution in [0.25, 0.3) is 12.2 Å². The Bertz CT molecular complexity index is 749. The standard InChI is InChI=1S/C26H38NO3/c1-6-27(7-2,8-3)17-9-10-18-30-24-15-13-22(14-16-24)11-12-23-19-25(28-4)21-26(20-23)29-5/h11-16,19-21H,6-10,17-18H2,1-5H3/q+1/b12-11+. The maximum Gasteiger partial charge on any atom is 0.123 e. The number of hydrogen-bond acceptors (Lipinski definition) is 3. The van der Waals surface area contributed by atoms with Crippen LogP contribution in [0.2, 0.25) is 0 Å². The molecule has 4 heteroatoms. The van der Waals surface area contributed by atoms with Crippen molar-refractivity contribution in [2.75, 3.05) is 47.0 Å². The predicted molar refractivity (Wildman–Crippen MR) is 126 cm³/mol. The average Bonchev–Trinajstić information content (AvgIpc) is 2.81. The van der Waals surface area contributed by atoms with Gasteiger partial charge in [0.25, 0.3) is 0 Å². The van der Waals surface area contributed by atoms with Crippen LogP contribution in [0.4, 0.5) is 0 Å². The molecule has 4 nitrogen and oxygen atoms in total. The van der Waals surface area contributed by atoms with E-state index >= 15 is 0 Å². The zero-order chi connectivity index (χ0) is 21.8. The Morgan fingerprint density at radius 3 is 1.80 bits per heavy atom. The lowest BCUT2D eigenvalue weighted by molar-refractivity contribution is -0.923. The molecule has 0 radical (unpaired) electrons. The zero-order valence-corrected chi connectivity index (χ0v) is 19.3. The highest BCUT2D eigenvalue weighted by Crippen LogP contribution is 2.24. The second kappa shape index (κ2) is 12.3. The average molecular weight is 413 g/mol. The van der Waals surface area contributed by atoms with Crippen molar-refractivity contribution in [3.63, 3.8) is 0 Å². The van der Waals surface area contributed by atoms with Crippen molar-refractivity contribution in [1.29, 1.82) is 0 Å². The zero-order valence-electron chi connectivity index (χ0n) is 19.3. The molecule has 0 aliphatic rings. The Morgan fingerprint density at radius 1 is 0.700 bits per heavy atom. The number of methoxy groups -OCH3 is 2. The second-order valence-electron chi connectivity index (χ2n) is 7.62. The third-order valence-corrected chi connectivity index (χ3v) is 6.03.